The Kier molecular flexibility index (Phi) is 6.40. The van der Waals surface area contributed by atoms with Crippen LogP contribution < -0.4 is 10.1 Å². The van der Waals surface area contributed by atoms with Gasteiger partial charge in [-0.1, -0.05) is 24.3 Å². The summed E-state index contributed by atoms with van der Waals surface area (Å²) in [5, 5.41) is 10.7. The molecule has 0 atom stereocenters. The third-order valence-corrected chi connectivity index (χ3v) is 4.73. The van der Waals surface area contributed by atoms with Gasteiger partial charge in [0.1, 0.15) is 0 Å². The predicted molar refractivity (Wildman–Crippen MR) is 109 cm³/mol. The van der Waals surface area contributed by atoms with E-state index in [0.29, 0.717) is 5.56 Å². The molecule has 1 amide bonds. The first-order valence-corrected chi connectivity index (χ1v) is 9.15. The molecule has 0 bridgehead atoms. The smallest absolute Gasteiger partial charge is 0.331 e. The molecule has 1 saturated heterocycles. The van der Waals surface area contributed by atoms with Gasteiger partial charge in [0.2, 0.25) is 0 Å². The third kappa shape index (κ3) is 5.08. The van der Waals surface area contributed by atoms with Gasteiger partial charge in [0, 0.05) is 6.08 Å². The van der Waals surface area contributed by atoms with Crippen LogP contribution in [0, 0.1) is 5.82 Å². The molecule has 1 N–H and O–H groups in total. The molecule has 1 fully saturated rings. The molecule has 1 aliphatic heterocycles. The number of carbonyl (C=O) groups is 2. The maximum atomic E-state index is 13.9. The molecule has 1 aliphatic rings. The average molecular weight is 413 g/mol. The number of rotatable bonds is 5. The number of carbonyl (C=O) groups excluding carboxylic acids is 2. The number of thioether (sulfide) groups is 1. The molecule has 0 saturated carbocycles. The second-order valence-corrected chi connectivity index (χ2v) is 6.74. The van der Waals surface area contributed by atoms with Gasteiger partial charge in [-0.3, -0.25) is 10.1 Å². The van der Waals surface area contributed by atoms with E-state index in [0.717, 1.165) is 29.0 Å². The number of methoxy groups -OCH3 is 2. The molecule has 2 aromatic carbocycles. The Labute approximate surface area is 170 Å². The minimum absolute atomic E-state index is 0.175. The van der Waals surface area contributed by atoms with Crippen LogP contribution in [0.4, 0.5) is 4.39 Å². The predicted octanol–water partition coefficient (Wildman–Crippen LogP) is 3.11. The first-order valence-electron chi connectivity index (χ1n) is 8.34. The van der Waals surface area contributed by atoms with E-state index in [1.807, 2.05) is 24.3 Å². The Hall–Kier alpha value is -3.46. The number of ether oxygens (including phenoxy) is 2. The van der Waals surface area contributed by atoms with Crippen LogP contribution in [0.1, 0.15) is 5.56 Å². The lowest BCUT2D eigenvalue weighted by Crippen LogP contribution is -2.19. The average Bonchev–Trinajstić information content (AvgIpc) is 3.07. The zero-order chi connectivity index (χ0) is 20.8. The van der Waals surface area contributed by atoms with Crippen molar-refractivity contribution in [1.82, 2.24) is 5.32 Å². The summed E-state index contributed by atoms with van der Waals surface area (Å²) in [6.45, 7) is 0. The first-order chi connectivity index (χ1) is 14.0. The minimum Gasteiger partial charge on any atom is -0.494 e. The molecule has 2 aromatic rings. The number of hydrogen-bond acceptors (Lipinski definition) is 7. The van der Waals surface area contributed by atoms with Gasteiger partial charge in [0.05, 0.1) is 25.3 Å². The van der Waals surface area contributed by atoms with E-state index in [9.17, 15) is 14.0 Å². The van der Waals surface area contributed by atoms with Crippen molar-refractivity contribution in [1.29, 1.82) is 0 Å². The lowest BCUT2D eigenvalue weighted by molar-refractivity contribution is -0.135. The Morgan fingerprint density at radius 1 is 1.17 bits per heavy atom. The van der Waals surface area contributed by atoms with E-state index in [2.05, 4.69) is 20.3 Å². The molecular formula is C20H16FN3O4S. The zero-order valence-corrected chi connectivity index (χ0v) is 16.3. The summed E-state index contributed by atoms with van der Waals surface area (Å²) in [4.78, 5) is 23.2. The molecule has 29 heavy (non-hydrogen) atoms. The van der Waals surface area contributed by atoms with Crippen molar-refractivity contribution in [3.63, 3.8) is 0 Å². The summed E-state index contributed by atoms with van der Waals surface area (Å²) in [6.07, 6.45) is 2.59. The Morgan fingerprint density at radius 2 is 1.97 bits per heavy atom. The van der Waals surface area contributed by atoms with Crippen LogP contribution in [0.5, 0.6) is 5.75 Å². The molecule has 148 valence electrons. The van der Waals surface area contributed by atoms with E-state index in [1.165, 1.54) is 26.5 Å². The zero-order valence-electron chi connectivity index (χ0n) is 15.5. The monoisotopic (exact) mass is 413 g/mol. The van der Waals surface area contributed by atoms with Crippen molar-refractivity contribution in [3.8, 4) is 16.9 Å². The van der Waals surface area contributed by atoms with Crippen molar-refractivity contribution in [2.45, 2.75) is 0 Å². The van der Waals surface area contributed by atoms with Crippen LogP contribution >= 0.6 is 11.8 Å². The van der Waals surface area contributed by atoms with Gasteiger partial charge >= 0.3 is 5.97 Å². The van der Waals surface area contributed by atoms with Crippen molar-refractivity contribution in [2.24, 2.45) is 10.2 Å². The van der Waals surface area contributed by atoms with Gasteiger partial charge in [-0.25, -0.2) is 9.18 Å². The third-order valence-electron chi connectivity index (χ3n) is 3.83. The van der Waals surface area contributed by atoms with Crippen LogP contribution in [-0.4, -0.2) is 37.5 Å². The minimum atomic E-state index is -0.626. The topological polar surface area (TPSA) is 89.3 Å². The first kappa shape index (κ1) is 20.3. The molecular weight excluding hydrogens is 397 g/mol. The van der Waals surface area contributed by atoms with Crippen LogP contribution in [-0.2, 0) is 14.3 Å². The van der Waals surface area contributed by atoms with Crippen LogP contribution in [0.2, 0.25) is 0 Å². The molecule has 7 nitrogen and oxygen atoms in total. The fourth-order valence-corrected chi connectivity index (χ4v) is 3.17. The maximum Gasteiger partial charge on any atom is 0.331 e. The highest BCUT2D eigenvalue weighted by Gasteiger charge is 2.24. The van der Waals surface area contributed by atoms with Crippen LogP contribution in [0.3, 0.4) is 0 Å². The highest BCUT2D eigenvalue weighted by atomic mass is 32.2. The summed E-state index contributed by atoms with van der Waals surface area (Å²) in [6, 6.07) is 12.0. The van der Waals surface area contributed by atoms with Gasteiger partial charge in [-0.15, -0.1) is 5.10 Å². The normalized spacial score (nSPS) is 16.4. The van der Waals surface area contributed by atoms with Gasteiger partial charge in [-0.05, 0) is 46.7 Å². The molecule has 3 rings (SSSR count). The number of nitrogens with zero attached hydrogens (tertiary/aromatic N) is 2. The summed E-state index contributed by atoms with van der Waals surface area (Å²) in [7, 11) is 2.64. The van der Waals surface area contributed by atoms with Gasteiger partial charge in [0.25, 0.3) is 5.91 Å². The Balaban J connectivity index is 1.74. The van der Waals surface area contributed by atoms with Crippen LogP contribution in [0.15, 0.2) is 63.6 Å². The summed E-state index contributed by atoms with van der Waals surface area (Å²) in [5.74, 6) is -1.34. The number of amidine groups is 1. The fourth-order valence-electron chi connectivity index (χ4n) is 2.43. The number of hydrogen-bond donors (Lipinski definition) is 1. The van der Waals surface area contributed by atoms with Gasteiger partial charge in [0.15, 0.2) is 16.7 Å². The summed E-state index contributed by atoms with van der Waals surface area (Å²) >= 11 is 0.985. The largest absolute Gasteiger partial charge is 0.494 e. The van der Waals surface area contributed by atoms with Crippen LogP contribution in [0.25, 0.3) is 11.1 Å². The number of halogens is 1. The number of esters is 1. The van der Waals surface area contributed by atoms with Gasteiger partial charge < -0.3 is 9.47 Å². The van der Waals surface area contributed by atoms with E-state index in [-0.39, 0.29) is 15.8 Å². The molecule has 1 heterocycles. The summed E-state index contributed by atoms with van der Waals surface area (Å²) in [5.41, 5.74) is 2.23. The maximum absolute atomic E-state index is 13.9. The highest BCUT2D eigenvalue weighted by molar-refractivity contribution is 8.18. The van der Waals surface area contributed by atoms with E-state index < -0.39 is 17.7 Å². The van der Waals surface area contributed by atoms with Crippen molar-refractivity contribution >= 4 is 35.0 Å². The number of benzene rings is 2. The molecule has 0 aliphatic carbocycles. The molecule has 0 spiro atoms. The SMILES string of the molecule is COC(=O)/C=C1/S/C(=N\N=Cc2cccc(-c3ccc(OC)c(F)c3)c2)NC1=O. The lowest BCUT2D eigenvalue weighted by Gasteiger charge is -2.06. The molecule has 0 unspecified atom stereocenters. The molecule has 0 aromatic heterocycles. The second kappa shape index (κ2) is 9.16. The number of nitrogens with one attached hydrogen (secondary N) is 1. The standard InChI is InChI=1S/C20H16FN3O4S/c1-27-16-7-6-14(9-15(16)21)13-5-3-4-12(8-13)11-22-24-20-23-19(26)17(29-20)10-18(25)28-2/h3-11H,1-2H3,(H,23,24,26)/b17-10+,22-11?. The number of amides is 1. The Morgan fingerprint density at radius 3 is 2.69 bits per heavy atom. The van der Waals surface area contributed by atoms with Crippen molar-refractivity contribution in [2.75, 3.05) is 14.2 Å². The van der Waals surface area contributed by atoms with E-state index >= 15 is 0 Å². The van der Waals surface area contributed by atoms with Crippen molar-refractivity contribution in [3.05, 3.63) is 64.8 Å². The quantitative estimate of drug-likeness (QED) is 0.352. The molecule has 9 heteroatoms. The Bertz CT molecular complexity index is 1050. The van der Waals surface area contributed by atoms with E-state index in [1.54, 1.807) is 12.1 Å². The summed E-state index contributed by atoms with van der Waals surface area (Å²) < 4.78 is 23.4. The lowest BCUT2D eigenvalue weighted by atomic mass is 10.0. The van der Waals surface area contributed by atoms with Crippen molar-refractivity contribution < 1.29 is 23.5 Å². The van der Waals surface area contributed by atoms with E-state index in [4.69, 9.17) is 4.74 Å². The second-order valence-electron chi connectivity index (χ2n) is 5.71. The van der Waals surface area contributed by atoms with Gasteiger partial charge in [-0.2, -0.15) is 5.10 Å². The highest BCUT2D eigenvalue weighted by Crippen LogP contribution is 2.26. The fraction of sp³-hybridized carbons (Fsp3) is 0.100. The molecule has 0 radical (unpaired) electrons.